The predicted octanol–water partition coefficient (Wildman–Crippen LogP) is 5.38. The topological polar surface area (TPSA) is 45.5 Å². The van der Waals surface area contributed by atoms with Gasteiger partial charge >= 0.3 is 6.03 Å². The van der Waals surface area contributed by atoms with Crippen molar-refractivity contribution in [2.24, 2.45) is 0 Å². The number of furan rings is 1. The molecule has 1 aliphatic heterocycles. The van der Waals surface area contributed by atoms with Gasteiger partial charge in [0.2, 0.25) is 0 Å². The lowest BCUT2D eigenvalue weighted by molar-refractivity contribution is 0.200. The Labute approximate surface area is 144 Å². The van der Waals surface area contributed by atoms with Crippen LogP contribution in [0.25, 0.3) is 10.4 Å². The Hall–Kier alpha value is -2.53. The first-order valence-corrected chi connectivity index (χ1v) is 8.95. The largest absolute Gasteiger partial charge is 0.467 e. The van der Waals surface area contributed by atoms with Crippen LogP contribution in [0.3, 0.4) is 0 Å². The molecule has 0 bridgehead atoms. The summed E-state index contributed by atoms with van der Waals surface area (Å²) in [6.07, 6.45) is 3.59. The highest BCUT2D eigenvalue weighted by Crippen LogP contribution is 2.35. The van der Waals surface area contributed by atoms with Gasteiger partial charge in [-0.2, -0.15) is 0 Å². The van der Waals surface area contributed by atoms with Gasteiger partial charge in [0.1, 0.15) is 5.76 Å². The van der Waals surface area contributed by atoms with Gasteiger partial charge in [-0.25, -0.2) is 4.79 Å². The Kier molecular flexibility index (Phi) is 4.09. The molecule has 0 aliphatic carbocycles. The summed E-state index contributed by atoms with van der Waals surface area (Å²) >= 11 is 1.67. The molecule has 0 saturated carbocycles. The van der Waals surface area contributed by atoms with Crippen molar-refractivity contribution < 1.29 is 9.21 Å². The molecule has 0 spiro atoms. The highest BCUT2D eigenvalue weighted by atomic mass is 32.1. The Morgan fingerprint density at radius 2 is 2.08 bits per heavy atom. The van der Waals surface area contributed by atoms with Crippen LogP contribution in [0.1, 0.15) is 24.6 Å². The van der Waals surface area contributed by atoms with Gasteiger partial charge in [-0.3, -0.25) is 0 Å². The van der Waals surface area contributed by atoms with Crippen molar-refractivity contribution in [3.8, 4) is 10.4 Å². The van der Waals surface area contributed by atoms with Gasteiger partial charge < -0.3 is 14.6 Å². The number of carbonyl (C=O) groups is 1. The molecular weight excluding hydrogens is 320 g/mol. The fraction of sp³-hybridized carbons (Fsp3) is 0.211. The normalized spacial score (nSPS) is 17.2. The number of para-hydroxylation sites is 1. The third-order valence-corrected chi connectivity index (χ3v) is 5.24. The van der Waals surface area contributed by atoms with Gasteiger partial charge in [0, 0.05) is 17.0 Å². The van der Waals surface area contributed by atoms with E-state index < -0.39 is 0 Å². The zero-order chi connectivity index (χ0) is 16.4. The van der Waals surface area contributed by atoms with E-state index >= 15 is 0 Å². The highest BCUT2D eigenvalue weighted by molar-refractivity contribution is 7.13. The summed E-state index contributed by atoms with van der Waals surface area (Å²) in [5, 5.41) is 5.13. The number of rotatable bonds is 3. The summed E-state index contributed by atoms with van der Waals surface area (Å²) < 4.78 is 5.51. The fourth-order valence-corrected chi connectivity index (χ4v) is 3.98. The lowest BCUT2D eigenvalue weighted by Crippen LogP contribution is -2.34. The van der Waals surface area contributed by atoms with Crippen molar-refractivity contribution >= 4 is 23.1 Å². The molecule has 1 saturated heterocycles. The van der Waals surface area contributed by atoms with E-state index in [1.807, 2.05) is 52.7 Å². The summed E-state index contributed by atoms with van der Waals surface area (Å²) in [6.45, 7) is 0.748. The molecule has 24 heavy (non-hydrogen) atoms. The van der Waals surface area contributed by atoms with Crippen molar-refractivity contribution in [2.45, 2.75) is 18.9 Å². The molecular formula is C19H18N2O2S. The molecule has 2 amide bonds. The molecule has 3 aromatic rings. The first kappa shape index (κ1) is 15.0. The van der Waals surface area contributed by atoms with Gasteiger partial charge in [-0.05, 0) is 42.5 Å². The minimum atomic E-state index is -0.0714. The maximum absolute atomic E-state index is 12.8. The number of likely N-dealkylation sites (tertiary alicyclic amines) is 1. The van der Waals surface area contributed by atoms with Crippen LogP contribution in [0.2, 0.25) is 0 Å². The van der Waals surface area contributed by atoms with E-state index in [4.69, 9.17) is 4.42 Å². The Morgan fingerprint density at radius 1 is 1.17 bits per heavy atom. The van der Waals surface area contributed by atoms with Gasteiger partial charge in [0.25, 0.3) is 0 Å². The van der Waals surface area contributed by atoms with Gasteiger partial charge in [0.05, 0.1) is 18.0 Å². The van der Waals surface area contributed by atoms with E-state index in [9.17, 15) is 4.79 Å². The first-order valence-electron chi connectivity index (χ1n) is 8.07. The summed E-state index contributed by atoms with van der Waals surface area (Å²) in [4.78, 5) is 15.8. The molecule has 122 valence electrons. The molecule has 3 heterocycles. The maximum Gasteiger partial charge on any atom is 0.322 e. The SMILES string of the molecule is O=C(Nc1ccccc1-c1cccs1)N1CCCC1c1ccco1. The summed E-state index contributed by atoms with van der Waals surface area (Å²) in [6, 6.07) is 15.8. The van der Waals surface area contributed by atoms with E-state index in [2.05, 4.69) is 11.4 Å². The average Bonchev–Trinajstić information content (AvgIpc) is 3.35. The smallest absolute Gasteiger partial charge is 0.322 e. The van der Waals surface area contributed by atoms with Crippen LogP contribution in [0, 0.1) is 0 Å². The van der Waals surface area contributed by atoms with Crippen molar-refractivity contribution in [3.63, 3.8) is 0 Å². The lowest BCUT2D eigenvalue weighted by Gasteiger charge is -2.24. The standard InChI is InChI=1S/C19H18N2O2S/c22-19(21-11-3-8-16(21)17-9-4-12-23-17)20-15-7-2-1-6-14(15)18-10-5-13-24-18/h1-2,4-7,9-10,12-13,16H,3,8,11H2,(H,20,22). The third-order valence-electron chi connectivity index (χ3n) is 4.34. The third kappa shape index (κ3) is 2.83. The first-order chi connectivity index (χ1) is 11.8. The number of hydrogen-bond acceptors (Lipinski definition) is 3. The van der Waals surface area contributed by atoms with Gasteiger partial charge in [0.15, 0.2) is 0 Å². The number of hydrogen-bond donors (Lipinski definition) is 1. The second-order valence-electron chi connectivity index (χ2n) is 5.82. The Bertz CT molecular complexity index is 812. The molecule has 5 heteroatoms. The van der Waals surface area contributed by atoms with Crippen LogP contribution in [0.15, 0.2) is 64.6 Å². The molecule has 1 aromatic carbocycles. The number of thiophene rings is 1. The maximum atomic E-state index is 12.8. The molecule has 4 nitrogen and oxygen atoms in total. The van der Waals surface area contributed by atoms with Crippen LogP contribution in [0.4, 0.5) is 10.5 Å². The number of nitrogens with one attached hydrogen (secondary N) is 1. The molecule has 1 fully saturated rings. The van der Waals surface area contributed by atoms with Crippen molar-refractivity contribution in [1.82, 2.24) is 4.90 Å². The lowest BCUT2D eigenvalue weighted by atomic mass is 10.1. The molecule has 4 rings (SSSR count). The van der Waals surface area contributed by atoms with Crippen LogP contribution in [-0.4, -0.2) is 17.5 Å². The summed E-state index contributed by atoms with van der Waals surface area (Å²) in [7, 11) is 0. The second-order valence-corrected chi connectivity index (χ2v) is 6.77. The van der Waals surface area contributed by atoms with E-state index in [0.717, 1.165) is 41.3 Å². The molecule has 1 atom stereocenters. The number of benzene rings is 1. The van der Waals surface area contributed by atoms with E-state index in [1.165, 1.54) is 0 Å². The molecule has 1 aliphatic rings. The zero-order valence-electron chi connectivity index (χ0n) is 13.1. The van der Waals surface area contributed by atoms with Crippen LogP contribution < -0.4 is 5.32 Å². The summed E-state index contributed by atoms with van der Waals surface area (Å²) in [5.74, 6) is 0.856. The van der Waals surface area contributed by atoms with Crippen LogP contribution >= 0.6 is 11.3 Å². The molecule has 0 radical (unpaired) electrons. The fourth-order valence-electron chi connectivity index (χ4n) is 3.21. The predicted molar refractivity (Wildman–Crippen MR) is 96.2 cm³/mol. The minimum absolute atomic E-state index is 0.0221. The Morgan fingerprint density at radius 3 is 2.88 bits per heavy atom. The van der Waals surface area contributed by atoms with Gasteiger partial charge in [-0.1, -0.05) is 24.3 Å². The van der Waals surface area contributed by atoms with Crippen molar-refractivity contribution in [2.75, 3.05) is 11.9 Å². The number of carbonyl (C=O) groups excluding carboxylic acids is 1. The van der Waals surface area contributed by atoms with Crippen molar-refractivity contribution in [1.29, 1.82) is 0 Å². The number of urea groups is 1. The minimum Gasteiger partial charge on any atom is -0.467 e. The number of amides is 2. The number of nitrogens with zero attached hydrogens (tertiary/aromatic N) is 1. The molecule has 2 aromatic heterocycles. The average molecular weight is 338 g/mol. The number of anilines is 1. The van der Waals surface area contributed by atoms with Crippen LogP contribution in [-0.2, 0) is 0 Å². The van der Waals surface area contributed by atoms with E-state index in [1.54, 1.807) is 17.6 Å². The van der Waals surface area contributed by atoms with E-state index in [0.29, 0.717) is 0 Å². The summed E-state index contributed by atoms with van der Waals surface area (Å²) in [5.41, 5.74) is 1.89. The van der Waals surface area contributed by atoms with E-state index in [-0.39, 0.29) is 12.1 Å². The highest BCUT2D eigenvalue weighted by Gasteiger charge is 2.32. The zero-order valence-corrected chi connectivity index (χ0v) is 14.0. The molecule has 1 N–H and O–H groups in total. The van der Waals surface area contributed by atoms with Gasteiger partial charge in [-0.15, -0.1) is 11.3 Å². The second kappa shape index (κ2) is 6.53. The van der Waals surface area contributed by atoms with Crippen LogP contribution in [0.5, 0.6) is 0 Å². The quantitative estimate of drug-likeness (QED) is 0.697. The Balaban J connectivity index is 1.57. The molecule has 1 unspecified atom stereocenters. The monoisotopic (exact) mass is 338 g/mol. The van der Waals surface area contributed by atoms with Crippen molar-refractivity contribution in [3.05, 3.63) is 65.9 Å².